The predicted molar refractivity (Wildman–Crippen MR) is 63.0 cm³/mol. The van der Waals surface area contributed by atoms with Crippen LogP contribution in [0.2, 0.25) is 0 Å². The molecule has 1 rings (SSSR count). The topological polar surface area (TPSA) is 34.1 Å². The van der Waals surface area contributed by atoms with Gasteiger partial charge < -0.3 is 10.1 Å². The highest BCUT2D eigenvalue weighted by molar-refractivity contribution is 5.33. The number of pyridine rings is 1. The highest BCUT2D eigenvalue weighted by Crippen LogP contribution is 2.05. The largest absolute Gasteiger partial charge is 0.375 e. The predicted octanol–water partition coefficient (Wildman–Crippen LogP) is 2.83. The minimum atomic E-state index is 0.610. The van der Waals surface area contributed by atoms with Gasteiger partial charge in [0, 0.05) is 13.7 Å². The Balaban J connectivity index is 2.24. The van der Waals surface area contributed by atoms with Gasteiger partial charge in [0.15, 0.2) is 0 Å². The summed E-state index contributed by atoms with van der Waals surface area (Å²) in [7, 11) is 1.87. The third kappa shape index (κ3) is 4.79. The maximum atomic E-state index is 5.53. The summed E-state index contributed by atoms with van der Waals surface area (Å²) in [5.74, 6) is 0.893. The van der Waals surface area contributed by atoms with Gasteiger partial charge >= 0.3 is 0 Å². The lowest BCUT2D eigenvalue weighted by Gasteiger charge is -2.05. The molecule has 0 radical (unpaired) electrons. The number of unbranched alkanes of at least 4 members (excludes halogenated alkanes) is 2. The zero-order valence-electron chi connectivity index (χ0n) is 9.62. The van der Waals surface area contributed by atoms with Crippen LogP contribution in [-0.2, 0) is 11.3 Å². The Morgan fingerprint density at radius 1 is 1.33 bits per heavy atom. The first-order valence-corrected chi connectivity index (χ1v) is 5.58. The molecule has 3 nitrogen and oxygen atoms in total. The molecule has 0 fully saturated rings. The molecule has 0 bridgehead atoms. The van der Waals surface area contributed by atoms with Gasteiger partial charge in [-0.05, 0) is 18.6 Å². The number of nitrogens with one attached hydrogen (secondary N) is 1. The van der Waals surface area contributed by atoms with E-state index in [4.69, 9.17) is 4.74 Å². The summed E-state index contributed by atoms with van der Waals surface area (Å²) in [6.45, 7) is 3.64. The Hall–Kier alpha value is -1.09. The molecule has 15 heavy (non-hydrogen) atoms. The molecule has 0 aromatic carbocycles. The second kappa shape index (κ2) is 7.23. The molecule has 0 saturated heterocycles. The zero-order chi connectivity index (χ0) is 10.9. The fraction of sp³-hybridized carbons (Fsp3) is 0.583. The minimum Gasteiger partial charge on any atom is -0.375 e. The number of rotatable bonds is 7. The molecule has 0 amide bonds. The van der Waals surface area contributed by atoms with Gasteiger partial charge in [0.1, 0.15) is 5.82 Å². The number of aromatic nitrogens is 1. The van der Waals surface area contributed by atoms with E-state index in [9.17, 15) is 0 Å². The molecule has 1 aromatic heterocycles. The molecule has 0 aliphatic carbocycles. The van der Waals surface area contributed by atoms with Crippen LogP contribution in [0.4, 0.5) is 5.82 Å². The SMILES string of the molecule is CCCCCOCc1cccc(NC)n1. The standard InChI is InChI=1S/C12H20N2O/c1-3-4-5-9-15-10-11-7-6-8-12(13-2)14-11/h6-8H,3-5,9-10H2,1-2H3,(H,13,14). The molecule has 0 atom stereocenters. The van der Waals surface area contributed by atoms with Crippen molar-refractivity contribution >= 4 is 5.82 Å². The van der Waals surface area contributed by atoms with Crippen molar-refractivity contribution in [1.82, 2.24) is 4.98 Å². The summed E-state index contributed by atoms with van der Waals surface area (Å²) in [6, 6.07) is 5.92. The van der Waals surface area contributed by atoms with E-state index in [2.05, 4.69) is 17.2 Å². The van der Waals surface area contributed by atoms with Gasteiger partial charge in [-0.2, -0.15) is 0 Å². The van der Waals surface area contributed by atoms with Crippen molar-refractivity contribution in [3.63, 3.8) is 0 Å². The Morgan fingerprint density at radius 2 is 2.20 bits per heavy atom. The summed E-state index contributed by atoms with van der Waals surface area (Å²) in [4.78, 5) is 4.37. The number of hydrogen-bond donors (Lipinski definition) is 1. The highest BCUT2D eigenvalue weighted by atomic mass is 16.5. The van der Waals surface area contributed by atoms with Crippen molar-refractivity contribution in [2.45, 2.75) is 32.8 Å². The first kappa shape index (κ1) is 12.0. The Labute approximate surface area is 91.9 Å². The first-order valence-electron chi connectivity index (χ1n) is 5.58. The van der Waals surface area contributed by atoms with Crippen LogP contribution in [0, 0.1) is 0 Å². The molecule has 3 heteroatoms. The smallest absolute Gasteiger partial charge is 0.126 e. The van der Waals surface area contributed by atoms with E-state index in [0.29, 0.717) is 6.61 Å². The molecule has 0 aliphatic rings. The number of nitrogens with zero attached hydrogens (tertiary/aromatic N) is 1. The molecule has 1 N–H and O–H groups in total. The quantitative estimate of drug-likeness (QED) is 0.700. The van der Waals surface area contributed by atoms with Crippen molar-refractivity contribution < 1.29 is 4.74 Å². The fourth-order valence-corrected chi connectivity index (χ4v) is 1.33. The Kier molecular flexibility index (Phi) is 5.78. The van der Waals surface area contributed by atoms with E-state index in [0.717, 1.165) is 24.5 Å². The monoisotopic (exact) mass is 208 g/mol. The van der Waals surface area contributed by atoms with Gasteiger partial charge in [-0.25, -0.2) is 4.98 Å². The molecule has 0 saturated carbocycles. The van der Waals surface area contributed by atoms with Gasteiger partial charge in [0.25, 0.3) is 0 Å². The normalized spacial score (nSPS) is 10.3. The lowest BCUT2D eigenvalue weighted by atomic mass is 10.3. The van der Waals surface area contributed by atoms with Crippen molar-refractivity contribution in [3.05, 3.63) is 23.9 Å². The lowest BCUT2D eigenvalue weighted by Crippen LogP contribution is -2.00. The number of hydrogen-bond acceptors (Lipinski definition) is 3. The Bertz CT molecular complexity index is 276. The summed E-state index contributed by atoms with van der Waals surface area (Å²) >= 11 is 0. The van der Waals surface area contributed by atoms with Crippen LogP contribution in [0.1, 0.15) is 31.9 Å². The molecular formula is C12H20N2O. The second-order valence-electron chi connectivity index (χ2n) is 3.52. The summed E-state index contributed by atoms with van der Waals surface area (Å²) < 4.78 is 5.53. The van der Waals surface area contributed by atoms with Crippen molar-refractivity contribution in [2.75, 3.05) is 19.0 Å². The summed E-state index contributed by atoms with van der Waals surface area (Å²) in [6.07, 6.45) is 3.61. The minimum absolute atomic E-state index is 0.610. The van der Waals surface area contributed by atoms with E-state index in [1.54, 1.807) is 0 Å². The Morgan fingerprint density at radius 3 is 2.93 bits per heavy atom. The lowest BCUT2D eigenvalue weighted by molar-refractivity contribution is 0.114. The maximum Gasteiger partial charge on any atom is 0.126 e. The van der Waals surface area contributed by atoms with Crippen molar-refractivity contribution in [2.24, 2.45) is 0 Å². The van der Waals surface area contributed by atoms with Gasteiger partial charge in [-0.1, -0.05) is 25.8 Å². The van der Waals surface area contributed by atoms with Gasteiger partial charge in [-0.15, -0.1) is 0 Å². The third-order valence-electron chi connectivity index (χ3n) is 2.21. The van der Waals surface area contributed by atoms with Crippen LogP contribution in [0.15, 0.2) is 18.2 Å². The van der Waals surface area contributed by atoms with Crippen LogP contribution in [0.5, 0.6) is 0 Å². The third-order valence-corrected chi connectivity index (χ3v) is 2.21. The summed E-state index contributed by atoms with van der Waals surface area (Å²) in [5.41, 5.74) is 0.985. The molecular weight excluding hydrogens is 188 g/mol. The first-order chi connectivity index (χ1) is 7.36. The second-order valence-corrected chi connectivity index (χ2v) is 3.52. The number of anilines is 1. The van der Waals surface area contributed by atoms with Crippen LogP contribution >= 0.6 is 0 Å². The van der Waals surface area contributed by atoms with E-state index in [-0.39, 0.29) is 0 Å². The highest BCUT2D eigenvalue weighted by Gasteiger charge is 1.96. The van der Waals surface area contributed by atoms with Crippen LogP contribution in [0.25, 0.3) is 0 Å². The van der Waals surface area contributed by atoms with Crippen LogP contribution in [0.3, 0.4) is 0 Å². The fourth-order valence-electron chi connectivity index (χ4n) is 1.33. The van der Waals surface area contributed by atoms with E-state index < -0.39 is 0 Å². The molecule has 0 spiro atoms. The van der Waals surface area contributed by atoms with Gasteiger partial charge in [0.2, 0.25) is 0 Å². The van der Waals surface area contributed by atoms with E-state index >= 15 is 0 Å². The van der Waals surface area contributed by atoms with Gasteiger partial charge in [-0.3, -0.25) is 0 Å². The van der Waals surface area contributed by atoms with Crippen LogP contribution in [-0.4, -0.2) is 18.6 Å². The molecule has 0 aliphatic heterocycles. The molecule has 1 aromatic rings. The van der Waals surface area contributed by atoms with Crippen molar-refractivity contribution in [1.29, 1.82) is 0 Å². The zero-order valence-corrected chi connectivity index (χ0v) is 9.62. The average molecular weight is 208 g/mol. The molecule has 84 valence electrons. The average Bonchev–Trinajstić information content (AvgIpc) is 2.29. The maximum absolute atomic E-state index is 5.53. The number of ether oxygens (including phenoxy) is 1. The molecule has 0 unspecified atom stereocenters. The van der Waals surface area contributed by atoms with E-state index in [1.165, 1.54) is 12.8 Å². The van der Waals surface area contributed by atoms with Crippen LogP contribution < -0.4 is 5.32 Å². The van der Waals surface area contributed by atoms with E-state index in [1.807, 2.05) is 25.2 Å². The molecule has 1 heterocycles. The van der Waals surface area contributed by atoms with Gasteiger partial charge in [0.05, 0.1) is 12.3 Å². The summed E-state index contributed by atoms with van der Waals surface area (Å²) in [5, 5.41) is 3.01. The van der Waals surface area contributed by atoms with Crippen molar-refractivity contribution in [3.8, 4) is 0 Å².